The van der Waals surface area contributed by atoms with Gasteiger partial charge in [0.25, 0.3) is 0 Å². The molecule has 6 heteroatoms. The Bertz CT molecular complexity index is 690. The maximum Gasteiger partial charge on any atom is 0.146 e. The molecule has 1 fully saturated rings. The van der Waals surface area contributed by atoms with Crippen molar-refractivity contribution in [3.8, 4) is 0 Å². The van der Waals surface area contributed by atoms with E-state index < -0.39 is 6.10 Å². The van der Waals surface area contributed by atoms with Crippen molar-refractivity contribution in [1.82, 2.24) is 19.7 Å². The molecule has 1 unspecified atom stereocenters. The van der Waals surface area contributed by atoms with Gasteiger partial charge in [0.15, 0.2) is 0 Å². The molecule has 1 N–H and O–H groups in total. The molecule has 0 bridgehead atoms. The zero-order valence-electron chi connectivity index (χ0n) is 15.2. The van der Waals surface area contributed by atoms with Crippen LogP contribution in [0, 0.1) is 11.7 Å². The average Bonchev–Trinajstić information content (AvgIpc) is 2.96. The number of aliphatic hydroxyl groups is 1. The number of benzene rings is 1. The molecule has 1 aliphatic rings. The number of piperidine rings is 1. The predicted octanol–water partition coefficient (Wildman–Crippen LogP) is 3.02. The van der Waals surface area contributed by atoms with Gasteiger partial charge in [0.05, 0.1) is 12.6 Å². The molecule has 0 amide bonds. The summed E-state index contributed by atoms with van der Waals surface area (Å²) in [6.07, 6.45) is 1.33. The fourth-order valence-electron chi connectivity index (χ4n) is 3.57. The molecule has 0 spiro atoms. The minimum Gasteiger partial charge on any atom is -0.388 e. The minimum absolute atomic E-state index is 0.215. The maximum absolute atomic E-state index is 13.0. The topological polar surface area (TPSA) is 54.2 Å². The van der Waals surface area contributed by atoms with Crippen LogP contribution in [-0.4, -0.2) is 37.9 Å². The quantitative estimate of drug-likeness (QED) is 0.904. The van der Waals surface area contributed by atoms with Gasteiger partial charge in [-0.2, -0.15) is 0 Å². The number of aliphatic hydroxyl groups excluding tert-OH is 1. The van der Waals surface area contributed by atoms with Crippen molar-refractivity contribution in [1.29, 1.82) is 0 Å². The van der Waals surface area contributed by atoms with E-state index in [2.05, 4.69) is 33.5 Å². The van der Waals surface area contributed by atoms with Crippen LogP contribution in [0.4, 0.5) is 4.39 Å². The van der Waals surface area contributed by atoms with Crippen molar-refractivity contribution in [2.45, 2.75) is 45.3 Å². The summed E-state index contributed by atoms with van der Waals surface area (Å²) >= 11 is 0. The molecule has 1 saturated heterocycles. The van der Waals surface area contributed by atoms with Crippen LogP contribution in [0.2, 0.25) is 0 Å². The summed E-state index contributed by atoms with van der Waals surface area (Å²) in [7, 11) is 2.02. The Hall–Kier alpha value is -1.79. The van der Waals surface area contributed by atoms with Crippen molar-refractivity contribution in [3.63, 3.8) is 0 Å². The summed E-state index contributed by atoms with van der Waals surface area (Å²) in [5.41, 5.74) is 0.801. The number of rotatable bonds is 5. The Balaban J connectivity index is 1.56. The summed E-state index contributed by atoms with van der Waals surface area (Å²) in [6.45, 7) is 6.88. The van der Waals surface area contributed by atoms with Gasteiger partial charge < -0.3 is 9.67 Å². The van der Waals surface area contributed by atoms with Gasteiger partial charge >= 0.3 is 0 Å². The summed E-state index contributed by atoms with van der Waals surface area (Å²) in [4.78, 5) is 2.36. The van der Waals surface area contributed by atoms with Crippen LogP contribution in [0.3, 0.4) is 0 Å². The lowest BCUT2D eigenvalue weighted by atomic mass is 9.87. The molecular weight excluding hydrogens is 319 g/mol. The summed E-state index contributed by atoms with van der Waals surface area (Å²) in [5.74, 6) is 2.31. The average molecular weight is 346 g/mol. The minimum atomic E-state index is -0.523. The van der Waals surface area contributed by atoms with E-state index in [4.69, 9.17) is 0 Å². The zero-order valence-corrected chi connectivity index (χ0v) is 15.2. The molecule has 1 atom stereocenters. The molecule has 0 saturated carbocycles. The Morgan fingerprint density at radius 3 is 2.36 bits per heavy atom. The Kier molecular flexibility index (Phi) is 5.49. The summed E-state index contributed by atoms with van der Waals surface area (Å²) in [6, 6.07) is 6.18. The van der Waals surface area contributed by atoms with E-state index in [1.54, 1.807) is 12.1 Å². The Morgan fingerprint density at radius 1 is 1.16 bits per heavy atom. The van der Waals surface area contributed by atoms with Gasteiger partial charge in [-0.05, 0) is 49.5 Å². The van der Waals surface area contributed by atoms with Crippen LogP contribution in [0.1, 0.15) is 55.9 Å². The van der Waals surface area contributed by atoms with Crippen molar-refractivity contribution in [2.75, 3.05) is 13.1 Å². The van der Waals surface area contributed by atoms with Gasteiger partial charge in [-0.3, -0.25) is 4.90 Å². The first-order chi connectivity index (χ1) is 12.0. The van der Waals surface area contributed by atoms with E-state index >= 15 is 0 Å². The number of likely N-dealkylation sites (tertiary alicyclic amines) is 1. The van der Waals surface area contributed by atoms with Crippen molar-refractivity contribution >= 4 is 0 Å². The second kappa shape index (κ2) is 7.62. The van der Waals surface area contributed by atoms with Crippen LogP contribution in [0.5, 0.6) is 0 Å². The molecule has 136 valence electrons. The highest BCUT2D eigenvalue weighted by molar-refractivity contribution is 5.19. The van der Waals surface area contributed by atoms with Crippen molar-refractivity contribution < 1.29 is 9.50 Å². The molecule has 1 aromatic carbocycles. The van der Waals surface area contributed by atoms with E-state index in [0.717, 1.165) is 49.7 Å². The molecule has 2 heterocycles. The highest BCUT2D eigenvalue weighted by Crippen LogP contribution is 2.31. The largest absolute Gasteiger partial charge is 0.388 e. The SMILES string of the molecule is CC(C)c1nnc(CN2CCC(C(O)c3ccc(F)cc3)CC2)n1C. The normalized spacial score (nSPS) is 18.0. The van der Waals surface area contributed by atoms with E-state index in [0.29, 0.717) is 5.92 Å². The van der Waals surface area contributed by atoms with Crippen LogP contribution in [-0.2, 0) is 13.6 Å². The highest BCUT2D eigenvalue weighted by Gasteiger charge is 2.27. The molecule has 0 aliphatic carbocycles. The lowest BCUT2D eigenvalue weighted by molar-refractivity contribution is 0.0557. The maximum atomic E-state index is 13.0. The molecule has 0 radical (unpaired) electrons. The molecule has 5 nitrogen and oxygen atoms in total. The fourth-order valence-corrected chi connectivity index (χ4v) is 3.57. The van der Waals surface area contributed by atoms with Gasteiger partial charge in [0, 0.05) is 13.0 Å². The van der Waals surface area contributed by atoms with E-state index in [1.807, 2.05) is 7.05 Å². The van der Waals surface area contributed by atoms with Gasteiger partial charge in [-0.25, -0.2) is 4.39 Å². The second-order valence-corrected chi connectivity index (χ2v) is 7.30. The van der Waals surface area contributed by atoms with Gasteiger partial charge in [-0.1, -0.05) is 26.0 Å². The fraction of sp³-hybridized carbons (Fsp3) is 0.579. The number of nitrogens with zero attached hydrogens (tertiary/aromatic N) is 4. The third kappa shape index (κ3) is 4.07. The van der Waals surface area contributed by atoms with Crippen LogP contribution in [0.15, 0.2) is 24.3 Å². The third-order valence-corrected chi connectivity index (χ3v) is 5.17. The molecule has 25 heavy (non-hydrogen) atoms. The first kappa shape index (κ1) is 18.0. The van der Waals surface area contributed by atoms with E-state index in [9.17, 15) is 9.50 Å². The van der Waals surface area contributed by atoms with Crippen LogP contribution >= 0.6 is 0 Å². The smallest absolute Gasteiger partial charge is 0.146 e. The highest BCUT2D eigenvalue weighted by atomic mass is 19.1. The number of halogens is 1. The first-order valence-electron chi connectivity index (χ1n) is 8.99. The predicted molar refractivity (Wildman–Crippen MR) is 94.5 cm³/mol. The number of aromatic nitrogens is 3. The van der Waals surface area contributed by atoms with Gasteiger partial charge in [-0.15, -0.1) is 10.2 Å². The molecule has 3 rings (SSSR count). The molecule has 1 aromatic heterocycles. The molecule has 2 aromatic rings. The monoisotopic (exact) mass is 346 g/mol. The summed E-state index contributed by atoms with van der Waals surface area (Å²) < 4.78 is 15.1. The Labute approximate surface area is 148 Å². The molecular formula is C19H27FN4O. The second-order valence-electron chi connectivity index (χ2n) is 7.30. The Morgan fingerprint density at radius 2 is 1.80 bits per heavy atom. The standard InChI is InChI=1S/C19H27FN4O/c1-13(2)19-22-21-17(23(19)3)12-24-10-8-15(9-11-24)18(25)14-4-6-16(20)7-5-14/h4-7,13,15,18,25H,8-12H2,1-3H3. The van der Waals surface area contributed by atoms with Crippen LogP contribution in [0.25, 0.3) is 0 Å². The van der Waals surface area contributed by atoms with Crippen molar-refractivity contribution in [3.05, 3.63) is 47.3 Å². The zero-order chi connectivity index (χ0) is 18.0. The summed E-state index contributed by atoms with van der Waals surface area (Å²) in [5, 5.41) is 19.2. The van der Waals surface area contributed by atoms with Gasteiger partial charge in [0.1, 0.15) is 17.5 Å². The van der Waals surface area contributed by atoms with Gasteiger partial charge in [0.2, 0.25) is 0 Å². The lowest BCUT2D eigenvalue weighted by Crippen LogP contribution is -2.35. The first-order valence-corrected chi connectivity index (χ1v) is 8.99. The number of hydrogen-bond acceptors (Lipinski definition) is 4. The third-order valence-electron chi connectivity index (χ3n) is 5.17. The van der Waals surface area contributed by atoms with Crippen molar-refractivity contribution in [2.24, 2.45) is 13.0 Å². The number of hydrogen-bond donors (Lipinski definition) is 1. The molecule has 1 aliphatic heterocycles. The van der Waals surface area contributed by atoms with Crippen LogP contribution < -0.4 is 0 Å². The van der Waals surface area contributed by atoms with E-state index in [-0.39, 0.29) is 11.7 Å². The lowest BCUT2D eigenvalue weighted by Gasteiger charge is -2.34. The van der Waals surface area contributed by atoms with E-state index in [1.165, 1.54) is 12.1 Å².